The topological polar surface area (TPSA) is 0 Å². The Morgan fingerprint density at radius 3 is 1.13 bits per heavy atom. The molecule has 39 heavy (non-hydrogen) atoms. The molecular weight excluding hydrogens is 468 g/mol. The van der Waals surface area contributed by atoms with E-state index in [9.17, 15) is 0 Å². The zero-order chi connectivity index (χ0) is 29.5. The minimum absolute atomic E-state index is 1.15. The summed E-state index contributed by atoms with van der Waals surface area (Å²) in [4.78, 5) is 0. The molecule has 5 aliphatic rings. The minimum Gasteiger partial charge on any atom is -0.0656 e. The first kappa shape index (κ1) is 38.2. The summed E-state index contributed by atoms with van der Waals surface area (Å²) >= 11 is 0. The molecule has 0 aliphatic heterocycles. The van der Waals surface area contributed by atoms with Crippen molar-refractivity contribution in [2.75, 3.05) is 0 Å². The van der Waals surface area contributed by atoms with E-state index < -0.39 is 0 Å². The molecule has 4 bridgehead atoms. The fraction of sp³-hybridized carbons (Fsp3) is 0.846. The Balaban J connectivity index is 0.000000468. The Morgan fingerprint density at radius 1 is 0.487 bits per heavy atom. The highest BCUT2D eigenvalue weighted by atomic mass is 14.5. The molecule has 1 aromatic carbocycles. The van der Waals surface area contributed by atoms with Crippen molar-refractivity contribution in [3.8, 4) is 0 Å². The summed E-state index contributed by atoms with van der Waals surface area (Å²) in [7, 11) is 0. The lowest BCUT2D eigenvalue weighted by Crippen LogP contribution is -2.15. The number of aryl methyl sites for hydroxylation is 2. The van der Waals surface area contributed by atoms with Crippen LogP contribution in [0.4, 0.5) is 0 Å². The quantitative estimate of drug-likeness (QED) is 0.348. The highest BCUT2D eigenvalue weighted by molar-refractivity contribution is 5.23. The van der Waals surface area contributed by atoms with Crippen molar-refractivity contribution in [2.24, 2.45) is 35.5 Å². The highest BCUT2D eigenvalue weighted by Gasteiger charge is 2.48. The summed E-state index contributed by atoms with van der Waals surface area (Å²) in [6.45, 7) is 21.4. The molecule has 0 nitrogen and oxygen atoms in total. The highest BCUT2D eigenvalue weighted by Crippen LogP contribution is 2.58. The summed E-state index contributed by atoms with van der Waals surface area (Å²) in [6.07, 6.45) is 24.7. The number of fused-ring (bicyclic) bond motifs is 7. The summed E-state index contributed by atoms with van der Waals surface area (Å²) in [5.74, 6) is 7.14. The standard InChI is InChI=1S/C10H16.C10H14.C7H12.4C3H8/c1-2-9-7-4-5-8(6-7)10(9)3-1;1-3-9-6-5-7-10(4-2)8-9;1-2-7-4-3-6(1)5-7;4*1-3-2/h7-10H,1-6H2;5-8H,3-4H2,1-2H3;6-7H,1-5H2;4*3H2,1-2H3. The van der Waals surface area contributed by atoms with Crippen molar-refractivity contribution in [1.82, 2.24) is 0 Å². The third-order valence-corrected chi connectivity index (χ3v) is 8.79. The minimum atomic E-state index is 1.15. The summed E-state index contributed by atoms with van der Waals surface area (Å²) in [5.41, 5.74) is 2.89. The largest absolute Gasteiger partial charge is 0.0656 e. The Labute approximate surface area is 248 Å². The van der Waals surface area contributed by atoms with Gasteiger partial charge in [0.25, 0.3) is 0 Å². The van der Waals surface area contributed by atoms with Gasteiger partial charge in [0.1, 0.15) is 0 Å². The molecule has 5 fully saturated rings. The molecule has 6 rings (SSSR count). The predicted octanol–water partition coefficient (Wildman–Crippen LogP) is 13.5. The number of rotatable bonds is 2. The van der Waals surface area contributed by atoms with Crippen LogP contribution < -0.4 is 0 Å². The third-order valence-electron chi connectivity index (χ3n) is 8.79. The number of benzene rings is 1. The Bertz CT molecular complexity index is 584. The zero-order valence-corrected chi connectivity index (χ0v) is 28.8. The molecule has 0 radical (unpaired) electrons. The van der Waals surface area contributed by atoms with Crippen LogP contribution in [0.5, 0.6) is 0 Å². The van der Waals surface area contributed by atoms with Crippen molar-refractivity contribution in [2.45, 2.75) is 178 Å². The SMILES string of the molecule is C1CC2C3CCC(C3)C2C1.C1CC2CCC1C2.CCC.CCC.CCC.CCC.CCc1cccc(CC)c1. The van der Waals surface area contributed by atoms with Gasteiger partial charge in [0, 0.05) is 0 Å². The molecule has 0 heteroatoms. The van der Waals surface area contributed by atoms with Gasteiger partial charge in [-0.3, -0.25) is 0 Å². The molecule has 0 saturated heterocycles. The molecule has 230 valence electrons. The van der Waals surface area contributed by atoms with Crippen LogP contribution in [0.2, 0.25) is 0 Å². The smallest absolute Gasteiger partial charge is 0.0307 e. The van der Waals surface area contributed by atoms with Crippen molar-refractivity contribution in [1.29, 1.82) is 0 Å². The number of hydrogen-bond acceptors (Lipinski definition) is 0. The third kappa shape index (κ3) is 15.7. The average molecular weight is 543 g/mol. The Hall–Kier alpha value is -0.780. The fourth-order valence-corrected chi connectivity index (χ4v) is 7.26. The van der Waals surface area contributed by atoms with Gasteiger partial charge in [0.15, 0.2) is 0 Å². The molecule has 0 N–H and O–H groups in total. The van der Waals surface area contributed by atoms with Crippen molar-refractivity contribution < 1.29 is 0 Å². The molecule has 5 aliphatic carbocycles. The van der Waals surface area contributed by atoms with E-state index in [2.05, 4.69) is 93.5 Å². The van der Waals surface area contributed by atoms with E-state index in [1.54, 1.807) is 70.6 Å². The molecule has 5 saturated carbocycles. The van der Waals surface area contributed by atoms with Crippen LogP contribution in [0.3, 0.4) is 0 Å². The molecule has 0 aromatic heterocycles. The molecular formula is C39H74. The Morgan fingerprint density at radius 2 is 0.846 bits per heavy atom. The lowest BCUT2D eigenvalue weighted by molar-refractivity contribution is 0.259. The van der Waals surface area contributed by atoms with Gasteiger partial charge < -0.3 is 0 Å². The lowest BCUT2D eigenvalue weighted by Gasteiger charge is -2.23. The second-order valence-electron chi connectivity index (χ2n) is 13.1. The summed E-state index contributed by atoms with van der Waals surface area (Å²) in [6, 6.07) is 8.77. The second kappa shape index (κ2) is 25.0. The first-order chi connectivity index (χ1) is 18.9. The van der Waals surface area contributed by atoms with Gasteiger partial charge in [-0.2, -0.15) is 0 Å². The van der Waals surface area contributed by atoms with Gasteiger partial charge in [-0.25, -0.2) is 0 Å². The van der Waals surface area contributed by atoms with Crippen molar-refractivity contribution >= 4 is 0 Å². The summed E-state index contributed by atoms with van der Waals surface area (Å²) in [5, 5.41) is 0. The lowest BCUT2D eigenvalue weighted by atomic mass is 9.82. The van der Waals surface area contributed by atoms with Crippen LogP contribution >= 0.6 is 0 Å². The van der Waals surface area contributed by atoms with E-state index >= 15 is 0 Å². The van der Waals surface area contributed by atoms with Crippen LogP contribution in [0, 0.1) is 35.5 Å². The number of hydrogen-bond donors (Lipinski definition) is 0. The van der Waals surface area contributed by atoms with E-state index in [1.807, 2.05) is 0 Å². The fourth-order valence-electron chi connectivity index (χ4n) is 7.26. The van der Waals surface area contributed by atoms with E-state index in [1.165, 1.54) is 72.3 Å². The van der Waals surface area contributed by atoms with Crippen LogP contribution in [-0.2, 0) is 12.8 Å². The maximum absolute atomic E-state index is 2.28. The monoisotopic (exact) mass is 543 g/mol. The van der Waals surface area contributed by atoms with E-state index in [0.717, 1.165) is 12.8 Å². The average Bonchev–Trinajstić information content (AvgIpc) is 3.78. The molecule has 0 spiro atoms. The maximum atomic E-state index is 2.28. The molecule has 1 aromatic rings. The van der Waals surface area contributed by atoms with Crippen molar-refractivity contribution in [3.05, 3.63) is 35.4 Å². The van der Waals surface area contributed by atoms with E-state index in [-0.39, 0.29) is 0 Å². The normalized spacial score (nSPS) is 27.7. The van der Waals surface area contributed by atoms with Crippen LogP contribution in [0.25, 0.3) is 0 Å². The second-order valence-corrected chi connectivity index (χ2v) is 13.1. The first-order valence-electron chi connectivity index (χ1n) is 18.0. The van der Waals surface area contributed by atoms with Gasteiger partial charge in [-0.05, 0) is 98.0 Å². The zero-order valence-electron chi connectivity index (χ0n) is 28.8. The summed E-state index contributed by atoms with van der Waals surface area (Å²) < 4.78 is 0. The van der Waals surface area contributed by atoms with E-state index in [4.69, 9.17) is 0 Å². The van der Waals surface area contributed by atoms with Gasteiger partial charge >= 0.3 is 0 Å². The molecule has 0 heterocycles. The van der Waals surface area contributed by atoms with Gasteiger partial charge in [-0.1, -0.05) is 151 Å². The first-order valence-corrected chi connectivity index (χ1v) is 18.0. The van der Waals surface area contributed by atoms with E-state index in [0.29, 0.717) is 0 Å². The van der Waals surface area contributed by atoms with Gasteiger partial charge in [-0.15, -0.1) is 0 Å². The molecule has 4 unspecified atom stereocenters. The van der Waals surface area contributed by atoms with Gasteiger partial charge in [0.2, 0.25) is 0 Å². The predicted molar refractivity (Wildman–Crippen MR) is 181 cm³/mol. The van der Waals surface area contributed by atoms with Crippen LogP contribution in [-0.4, -0.2) is 0 Å². The van der Waals surface area contributed by atoms with Gasteiger partial charge in [0.05, 0.1) is 0 Å². The molecule has 4 atom stereocenters. The van der Waals surface area contributed by atoms with Crippen LogP contribution in [0.15, 0.2) is 24.3 Å². The molecule has 0 amide bonds. The maximum Gasteiger partial charge on any atom is -0.0307 e. The van der Waals surface area contributed by atoms with Crippen molar-refractivity contribution in [3.63, 3.8) is 0 Å². The Kier molecular flexibility index (Phi) is 24.5. The van der Waals surface area contributed by atoms with Crippen LogP contribution in [0.1, 0.15) is 177 Å².